The van der Waals surface area contributed by atoms with Crippen LogP contribution in [0.1, 0.15) is 46.0 Å². The first-order valence-corrected chi connectivity index (χ1v) is 9.72. The molecule has 0 bridgehead atoms. The number of alkyl halides is 1. The van der Waals surface area contributed by atoms with E-state index in [9.17, 15) is 24.9 Å². The van der Waals surface area contributed by atoms with Crippen LogP contribution >= 0.6 is 0 Å². The number of carbonyl (C=O) groups excluding carboxylic acids is 2. The fraction of sp³-hybridized carbons (Fsp3) is 0.714. The minimum atomic E-state index is -1.97. The third-order valence-corrected chi connectivity index (χ3v) is 8.40. The molecule has 0 aromatic rings. The van der Waals surface area contributed by atoms with E-state index in [1.807, 2.05) is 0 Å². The molecule has 0 heterocycles. The minimum absolute atomic E-state index is 0.0580. The Kier molecular flexibility index (Phi) is 3.92. The van der Waals surface area contributed by atoms with Gasteiger partial charge >= 0.3 is 0 Å². The van der Waals surface area contributed by atoms with Gasteiger partial charge in [0.2, 0.25) is 0 Å². The fourth-order valence-electron chi connectivity index (χ4n) is 6.80. The van der Waals surface area contributed by atoms with Crippen LogP contribution in [-0.2, 0) is 9.59 Å². The lowest BCUT2D eigenvalue weighted by Gasteiger charge is -2.62. The van der Waals surface area contributed by atoms with Crippen LogP contribution < -0.4 is 0 Å². The van der Waals surface area contributed by atoms with Crippen LogP contribution in [0, 0.1) is 22.7 Å². The van der Waals surface area contributed by atoms with E-state index in [-0.39, 0.29) is 24.5 Å². The van der Waals surface area contributed by atoms with E-state index < -0.39 is 46.5 Å². The van der Waals surface area contributed by atoms with Crippen molar-refractivity contribution in [3.8, 4) is 0 Å². The van der Waals surface area contributed by atoms with Crippen molar-refractivity contribution in [2.75, 3.05) is 6.61 Å². The van der Waals surface area contributed by atoms with Gasteiger partial charge in [-0.1, -0.05) is 18.6 Å². The third-order valence-electron chi connectivity index (χ3n) is 8.40. The Morgan fingerprint density at radius 2 is 2.00 bits per heavy atom. The van der Waals surface area contributed by atoms with Gasteiger partial charge in [-0.3, -0.25) is 9.59 Å². The molecule has 4 aliphatic rings. The summed E-state index contributed by atoms with van der Waals surface area (Å²) in [7, 11) is 0. The lowest BCUT2D eigenvalue weighted by molar-refractivity contribution is -0.217. The van der Waals surface area contributed by atoms with Crippen molar-refractivity contribution in [3.05, 3.63) is 23.8 Å². The highest BCUT2D eigenvalue weighted by Crippen LogP contribution is 2.69. The summed E-state index contributed by atoms with van der Waals surface area (Å²) < 4.78 is 16.7. The lowest BCUT2D eigenvalue weighted by atomic mass is 9.44. The maximum atomic E-state index is 16.7. The predicted molar refractivity (Wildman–Crippen MR) is 95.4 cm³/mol. The molecular formula is C21H27FO5. The molecule has 6 heteroatoms. The SMILES string of the molecule is CC12C=CC(=O)C=C1CC[C@H]1[C@@H]3CC[C@](O)(C(=O)CO)[C@@]3(C)CC(O)[C@@]12F. The standard InChI is InChI=1S/C21H27FO5/c1-18-7-5-13(24)9-12(18)3-4-15-14-6-8-20(27,17(26)11-23)19(14,2)10-16(25)21(15,18)22/h5,7,9,14-16,23,25,27H,3-4,6,8,10-11H2,1-2H3/t14-,15-,16?,18?,19-,20-,21-/m0/s1. The Labute approximate surface area is 158 Å². The normalized spacial score (nSPS) is 51.3. The number of ketones is 2. The van der Waals surface area contributed by atoms with E-state index in [2.05, 4.69) is 0 Å². The Morgan fingerprint density at radius 3 is 2.67 bits per heavy atom. The second kappa shape index (κ2) is 5.58. The maximum absolute atomic E-state index is 16.7. The lowest BCUT2D eigenvalue weighted by Crippen LogP contribution is -2.69. The first-order chi connectivity index (χ1) is 12.5. The van der Waals surface area contributed by atoms with Gasteiger partial charge in [0.25, 0.3) is 0 Å². The second-order valence-corrected chi connectivity index (χ2v) is 9.24. The second-order valence-electron chi connectivity index (χ2n) is 9.24. The first-order valence-electron chi connectivity index (χ1n) is 9.72. The highest BCUT2D eigenvalue weighted by Gasteiger charge is 2.73. The van der Waals surface area contributed by atoms with Gasteiger partial charge in [0.15, 0.2) is 17.2 Å². The van der Waals surface area contributed by atoms with Gasteiger partial charge in [-0.2, -0.15) is 0 Å². The predicted octanol–water partition coefficient (Wildman–Crippen LogP) is 1.65. The zero-order valence-corrected chi connectivity index (χ0v) is 15.7. The van der Waals surface area contributed by atoms with E-state index in [4.69, 9.17) is 0 Å². The van der Waals surface area contributed by atoms with Crippen LogP contribution in [-0.4, -0.2) is 50.9 Å². The Bertz CT molecular complexity index is 775. The number of aliphatic hydroxyl groups is 3. The topological polar surface area (TPSA) is 94.8 Å². The third kappa shape index (κ3) is 2.04. The molecule has 2 unspecified atom stereocenters. The van der Waals surface area contributed by atoms with Crippen LogP contribution in [0.3, 0.4) is 0 Å². The number of hydrogen-bond acceptors (Lipinski definition) is 5. The average molecular weight is 378 g/mol. The quantitative estimate of drug-likeness (QED) is 0.679. The molecule has 0 amide bonds. The van der Waals surface area contributed by atoms with Crippen LogP contribution in [0.5, 0.6) is 0 Å². The highest BCUT2D eigenvalue weighted by molar-refractivity contribution is 6.01. The molecule has 0 spiro atoms. The zero-order valence-electron chi connectivity index (χ0n) is 15.7. The summed E-state index contributed by atoms with van der Waals surface area (Å²) in [5, 5.41) is 31.5. The molecule has 27 heavy (non-hydrogen) atoms. The molecule has 4 rings (SSSR count). The molecule has 5 nitrogen and oxygen atoms in total. The molecule has 148 valence electrons. The molecule has 3 N–H and O–H groups in total. The van der Waals surface area contributed by atoms with E-state index in [0.717, 1.165) is 0 Å². The number of halogens is 1. The van der Waals surface area contributed by atoms with Crippen molar-refractivity contribution in [3.63, 3.8) is 0 Å². The van der Waals surface area contributed by atoms with Gasteiger partial charge in [-0.25, -0.2) is 4.39 Å². The minimum Gasteiger partial charge on any atom is -0.390 e. The van der Waals surface area contributed by atoms with E-state index >= 15 is 4.39 Å². The highest BCUT2D eigenvalue weighted by atomic mass is 19.1. The van der Waals surface area contributed by atoms with Crippen molar-refractivity contribution in [1.29, 1.82) is 0 Å². The summed E-state index contributed by atoms with van der Waals surface area (Å²) in [6, 6.07) is 0. The average Bonchev–Trinajstić information content (AvgIpc) is 2.88. The summed E-state index contributed by atoms with van der Waals surface area (Å²) in [6.45, 7) is 2.71. The largest absolute Gasteiger partial charge is 0.390 e. The van der Waals surface area contributed by atoms with Crippen molar-refractivity contribution < 1.29 is 29.3 Å². The molecule has 0 aliphatic heterocycles. The smallest absolute Gasteiger partial charge is 0.190 e. The molecule has 4 aliphatic carbocycles. The van der Waals surface area contributed by atoms with Gasteiger partial charge in [-0.15, -0.1) is 0 Å². The van der Waals surface area contributed by atoms with Gasteiger partial charge in [0, 0.05) is 16.7 Å². The maximum Gasteiger partial charge on any atom is 0.190 e. The van der Waals surface area contributed by atoms with Gasteiger partial charge < -0.3 is 15.3 Å². The first kappa shape index (κ1) is 19.0. The van der Waals surface area contributed by atoms with Crippen molar-refractivity contribution in [2.45, 2.75) is 63.3 Å². The molecule has 0 aromatic heterocycles. The summed E-state index contributed by atoms with van der Waals surface area (Å²) in [5.41, 5.74) is -5.07. The molecule has 7 atom stereocenters. The summed E-state index contributed by atoms with van der Waals surface area (Å²) in [4.78, 5) is 24.1. The number of aliphatic hydroxyl groups excluding tert-OH is 2. The number of Topliss-reactive ketones (excluding diaryl/α,β-unsaturated/α-hetero) is 1. The summed E-state index contributed by atoms with van der Waals surface area (Å²) in [5.74, 6) is -1.64. The summed E-state index contributed by atoms with van der Waals surface area (Å²) >= 11 is 0. The molecular weight excluding hydrogens is 351 g/mol. The molecule has 3 saturated carbocycles. The van der Waals surface area contributed by atoms with E-state index in [1.54, 1.807) is 19.9 Å². The van der Waals surface area contributed by atoms with Gasteiger partial charge in [0.05, 0.1) is 6.10 Å². The Balaban J connectivity index is 1.81. The number of fused-ring (bicyclic) bond motifs is 5. The molecule has 3 fully saturated rings. The zero-order chi connectivity index (χ0) is 19.8. The van der Waals surface area contributed by atoms with Crippen LogP contribution in [0.15, 0.2) is 23.8 Å². The van der Waals surface area contributed by atoms with Crippen LogP contribution in [0.4, 0.5) is 4.39 Å². The van der Waals surface area contributed by atoms with Crippen LogP contribution in [0.25, 0.3) is 0 Å². The fourth-order valence-corrected chi connectivity index (χ4v) is 6.80. The van der Waals surface area contributed by atoms with Crippen molar-refractivity contribution >= 4 is 11.6 Å². The number of allylic oxidation sites excluding steroid dienone is 4. The molecule has 0 radical (unpaired) electrons. The number of carbonyl (C=O) groups is 2. The number of hydrogen-bond donors (Lipinski definition) is 3. The number of rotatable bonds is 2. The Morgan fingerprint density at radius 1 is 1.30 bits per heavy atom. The molecule has 0 aromatic carbocycles. The monoisotopic (exact) mass is 378 g/mol. The van der Waals surface area contributed by atoms with Gasteiger partial charge in [0.1, 0.15) is 12.2 Å². The van der Waals surface area contributed by atoms with Gasteiger partial charge in [-0.05, 0) is 57.1 Å². The van der Waals surface area contributed by atoms with Crippen molar-refractivity contribution in [2.24, 2.45) is 22.7 Å². The summed E-state index contributed by atoms with van der Waals surface area (Å²) in [6.07, 6.45) is 4.65. The van der Waals surface area contributed by atoms with E-state index in [1.165, 1.54) is 12.2 Å². The van der Waals surface area contributed by atoms with Crippen molar-refractivity contribution in [1.82, 2.24) is 0 Å². The Hall–Kier alpha value is -1.37. The van der Waals surface area contributed by atoms with Crippen LogP contribution in [0.2, 0.25) is 0 Å². The molecule has 0 saturated heterocycles. The van der Waals surface area contributed by atoms with E-state index in [0.29, 0.717) is 24.8 Å².